The largest absolute Gasteiger partial charge is 0.398 e. The number of benzene rings is 1. The number of carbonyl (C=O) groups excluding carboxylic acids is 1. The Morgan fingerprint density at radius 3 is 2.38 bits per heavy atom. The second-order valence-corrected chi connectivity index (χ2v) is 6.45. The maximum absolute atomic E-state index is 12.9. The first kappa shape index (κ1) is 15.9. The van der Waals surface area contributed by atoms with Crippen LogP contribution in [0.5, 0.6) is 0 Å². The quantitative estimate of drug-likeness (QED) is 0.673. The lowest BCUT2D eigenvalue weighted by Gasteiger charge is -2.31. The Kier molecular flexibility index (Phi) is 5.66. The summed E-state index contributed by atoms with van der Waals surface area (Å²) in [6.45, 7) is 4.81. The molecule has 1 saturated carbocycles. The zero-order chi connectivity index (χ0) is 15.2. The second-order valence-electron chi connectivity index (χ2n) is 6.45. The Labute approximate surface area is 128 Å². The van der Waals surface area contributed by atoms with Crippen LogP contribution in [0.25, 0.3) is 0 Å². The van der Waals surface area contributed by atoms with Crippen molar-refractivity contribution < 1.29 is 4.79 Å². The van der Waals surface area contributed by atoms with Gasteiger partial charge in [-0.25, -0.2) is 0 Å². The molecule has 21 heavy (non-hydrogen) atoms. The first-order valence-electron chi connectivity index (χ1n) is 8.23. The van der Waals surface area contributed by atoms with Gasteiger partial charge in [0.25, 0.3) is 0 Å². The lowest BCUT2D eigenvalue weighted by Crippen LogP contribution is -2.40. The fraction of sp³-hybridized carbons (Fsp3) is 0.611. The molecule has 0 aromatic heterocycles. The molecule has 1 amide bonds. The zero-order valence-corrected chi connectivity index (χ0v) is 13.3. The minimum Gasteiger partial charge on any atom is -0.398 e. The van der Waals surface area contributed by atoms with Crippen LogP contribution in [0, 0.1) is 5.92 Å². The minimum absolute atomic E-state index is 0.208. The molecule has 0 spiro atoms. The highest BCUT2D eigenvalue weighted by Gasteiger charge is 2.27. The van der Waals surface area contributed by atoms with Gasteiger partial charge in [-0.05, 0) is 38.3 Å². The predicted molar refractivity (Wildman–Crippen MR) is 87.7 cm³/mol. The molecule has 2 rings (SSSR count). The molecule has 0 atom stereocenters. The molecule has 0 saturated heterocycles. The third-order valence-corrected chi connectivity index (χ3v) is 4.51. The smallest absolute Gasteiger partial charge is 0.226 e. The molecule has 0 aliphatic heterocycles. The monoisotopic (exact) mass is 288 g/mol. The second kappa shape index (κ2) is 7.48. The van der Waals surface area contributed by atoms with Gasteiger partial charge in [0, 0.05) is 24.2 Å². The van der Waals surface area contributed by atoms with Crippen molar-refractivity contribution >= 4 is 11.6 Å². The Bertz CT molecular complexity index is 462. The van der Waals surface area contributed by atoms with E-state index in [-0.39, 0.29) is 12.0 Å². The molecule has 1 aromatic carbocycles. The molecule has 2 N–H and O–H groups in total. The van der Waals surface area contributed by atoms with Gasteiger partial charge in [0.1, 0.15) is 0 Å². The summed E-state index contributed by atoms with van der Waals surface area (Å²) in [5.74, 6) is 0.523. The van der Waals surface area contributed by atoms with Gasteiger partial charge < -0.3 is 10.6 Å². The summed E-state index contributed by atoms with van der Waals surface area (Å²) in [5, 5.41) is 0. The third kappa shape index (κ3) is 4.23. The van der Waals surface area contributed by atoms with Crippen LogP contribution in [0.15, 0.2) is 24.3 Å². The number of nitrogen functional groups attached to an aromatic ring is 1. The maximum Gasteiger partial charge on any atom is 0.226 e. The van der Waals surface area contributed by atoms with Crippen molar-refractivity contribution in [1.82, 2.24) is 4.90 Å². The third-order valence-electron chi connectivity index (χ3n) is 4.51. The van der Waals surface area contributed by atoms with Gasteiger partial charge in [-0.1, -0.05) is 43.9 Å². The van der Waals surface area contributed by atoms with Gasteiger partial charge >= 0.3 is 0 Å². The topological polar surface area (TPSA) is 46.3 Å². The standard InChI is InChI=1S/C18H28N2O/c1-14(2)20(13-16-11-7-8-12-17(16)19)18(21)15-9-5-3-4-6-10-15/h7-8,11-12,14-15H,3-6,9-10,13,19H2,1-2H3. The van der Waals surface area contributed by atoms with E-state index in [1.807, 2.05) is 29.2 Å². The molecule has 1 aromatic rings. The van der Waals surface area contributed by atoms with Crippen LogP contribution in [0.2, 0.25) is 0 Å². The summed E-state index contributed by atoms with van der Waals surface area (Å²) < 4.78 is 0. The lowest BCUT2D eigenvalue weighted by atomic mass is 9.97. The van der Waals surface area contributed by atoms with Crippen LogP contribution < -0.4 is 5.73 Å². The summed E-state index contributed by atoms with van der Waals surface area (Å²) in [7, 11) is 0. The minimum atomic E-state index is 0.208. The highest BCUT2D eigenvalue weighted by atomic mass is 16.2. The van der Waals surface area contributed by atoms with Gasteiger partial charge in [-0.15, -0.1) is 0 Å². The average molecular weight is 288 g/mol. The van der Waals surface area contributed by atoms with Gasteiger partial charge in [0.2, 0.25) is 5.91 Å². The number of anilines is 1. The van der Waals surface area contributed by atoms with Gasteiger partial charge in [0.05, 0.1) is 0 Å². The van der Waals surface area contributed by atoms with Crippen LogP contribution in [-0.2, 0) is 11.3 Å². The van der Waals surface area contributed by atoms with Crippen LogP contribution in [0.1, 0.15) is 57.9 Å². The number of hydrogen-bond donors (Lipinski definition) is 1. The van der Waals surface area contributed by atoms with E-state index in [1.54, 1.807) is 0 Å². The van der Waals surface area contributed by atoms with Crippen molar-refractivity contribution in [2.75, 3.05) is 5.73 Å². The molecule has 116 valence electrons. The van der Waals surface area contributed by atoms with Crippen molar-refractivity contribution in [2.45, 2.75) is 65.0 Å². The first-order chi connectivity index (χ1) is 10.1. The molecule has 3 nitrogen and oxygen atoms in total. The van der Waals surface area contributed by atoms with E-state index in [0.29, 0.717) is 12.5 Å². The van der Waals surface area contributed by atoms with Crippen molar-refractivity contribution in [1.29, 1.82) is 0 Å². The van der Waals surface area contributed by atoms with E-state index in [2.05, 4.69) is 13.8 Å². The van der Waals surface area contributed by atoms with Crippen LogP contribution >= 0.6 is 0 Å². The molecule has 0 unspecified atom stereocenters. The summed E-state index contributed by atoms with van der Waals surface area (Å²) in [6, 6.07) is 8.06. The van der Waals surface area contributed by atoms with E-state index in [9.17, 15) is 4.79 Å². The van der Waals surface area contributed by atoms with Gasteiger partial charge in [-0.2, -0.15) is 0 Å². The number of para-hydroxylation sites is 1. The summed E-state index contributed by atoms with van der Waals surface area (Å²) in [4.78, 5) is 14.9. The molecule has 0 heterocycles. The molecule has 1 fully saturated rings. The molecular formula is C18H28N2O. The van der Waals surface area contributed by atoms with Crippen molar-refractivity contribution in [3.05, 3.63) is 29.8 Å². The van der Waals surface area contributed by atoms with Crippen molar-refractivity contribution in [3.8, 4) is 0 Å². The number of rotatable bonds is 4. The fourth-order valence-electron chi connectivity index (χ4n) is 3.14. The average Bonchev–Trinajstić information content (AvgIpc) is 2.74. The Morgan fingerprint density at radius 2 is 1.81 bits per heavy atom. The summed E-state index contributed by atoms with van der Waals surface area (Å²) in [5.41, 5.74) is 7.86. The number of nitrogens with two attached hydrogens (primary N) is 1. The fourth-order valence-corrected chi connectivity index (χ4v) is 3.14. The highest BCUT2D eigenvalue weighted by Crippen LogP contribution is 2.26. The van der Waals surface area contributed by atoms with Crippen LogP contribution in [0.4, 0.5) is 5.69 Å². The van der Waals surface area contributed by atoms with Gasteiger partial charge in [-0.3, -0.25) is 4.79 Å². The van der Waals surface area contributed by atoms with Crippen LogP contribution in [-0.4, -0.2) is 16.8 Å². The molecule has 1 aliphatic carbocycles. The lowest BCUT2D eigenvalue weighted by molar-refractivity contribution is -0.138. The van der Waals surface area contributed by atoms with Crippen molar-refractivity contribution in [2.24, 2.45) is 5.92 Å². The highest BCUT2D eigenvalue weighted by molar-refractivity contribution is 5.79. The SMILES string of the molecule is CC(C)N(Cc1ccccc1N)C(=O)C1CCCCCC1. The molecule has 0 radical (unpaired) electrons. The maximum atomic E-state index is 12.9. The normalized spacial score (nSPS) is 16.7. The predicted octanol–water partition coefficient (Wildman–Crippen LogP) is 3.98. The number of nitrogens with zero attached hydrogens (tertiary/aromatic N) is 1. The van der Waals surface area contributed by atoms with E-state index in [4.69, 9.17) is 5.73 Å². The number of amides is 1. The zero-order valence-electron chi connectivity index (χ0n) is 13.3. The molecule has 3 heteroatoms. The summed E-state index contributed by atoms with van der Waals surface area (Å²) >= 11 is 0. The van der Waals surface area contributed by atoms with E-state index < -0.39 is 0 Å². The van der Waals surface area contributed by atoms with E-state index in [0.717, 1.165) is 24.1 Å². The number of carbonyl (C=O) groups is 1. The Balaban J connectivity index is 2.11. The van der Waals surface area contributed by atoms with Crippen molar-refractivity contribution in [3.63, 3.8) is 0 Å². The Hall–Kier alpha value is -1.51. The molecule has 0 bridgehead atoms. The van der Waals surface area contributed by atoms with Crippen LogP contribution in [0.3, 0.4) is 0 Å². The van der Waals surface area contributed by atoms with E-state index >= 15 is 0 Å². The summed E-state index contributed by atoms with van der Waals surface area (Å²) in [6.07, 6.45) is 7.03. The van der Waals surface area contributed by atoms with Gasteiger partial charge in [0.15, 0.2) is 0 Å². The Morgan fingerprint density at radius 1 is 1.19 bits per heavy atom. The molecular weight excluding hydrogens is 260 g/mol. The number of hydrogen-bond acceptors (Lipinski definition) is 2. The van der Waals surface area contributed by atoms with E-state index in [1.165, 1.54) is 25.7 Å². The first-order valence-corrected chi connectivity index (χ1v) is 8.23. The molecule has 1 aliphatic rings.